The molecular weight excluding hydrogens is 302 g/mol. The first-order valence-corrected chi connectivity index (χ1v) is 7.74. The number of hydrogen-bond donors (Lipinski definition) is 1. The van der Waals surface area contributed by atoms with Crippen LogP contribution < -0.4 is 4.74 Å². The van der Waals surface area contributed by atoms with E-state index in [9.17, 15) is 14.7 Å². The number of carboxylic acid groups (broad SMARTS) is 1. The van der Waals surface area contributed by atoms with Gasteiger partial charge in [-0.1, -0.05) is 24.3 Å². The van der Waals surface area contributed by atoms with Crippen LogP contribution in [0, 0.1) is 0 Å². The number of nitrogens with zero attached hydrogens (tertiary/aromatic N) is 1. The second-order valence-corrected chi connectivity index (χ2v) is 5.92. The highest BCUT2D eigenvalue weighted by atomic mass is 32.1. The molecule has 5 nitrogen and oxygen atoms in total. The van der Waals surface area contributed by atoms with E-state index in [1.54, 1.807) is 23.6 Å². The van der Waals surface area contributed by atoms with Gasteiger partial charge in [0.05, 0.1) is 7.11 Å². The van der Waals surface area contributed by atoms with E-state index in [0.29, 0.717) is 29.2 Å². The molecule has 0 bridgehead atoms. The smallest absolute Gasteiger partial charge is 0.331 e. The molecule has 0 fully saturated rings. The summed E-state index contributed by atoms with van der Waals surface area (Å²) >= 11 is 1.26. The van der Waals surface area contributed by atoms with Gasteiger partial charge in [0, 0.05) is 6.54 Å². The molecule has 2 heterocycles. The highest BCUT2D eigenvalue weighted by Crippen LogP contribution is 2.34. The first-order chi connectivity index (χ1) is 10.6. The van der Waals surface area contributed by atoms with Crippen LogP contribution in [0.3, 0.4) is 0 Å². The molecule has 1 atom stereocenters. The summed E-state index contributed by atoms with van der Waals surface area (Å²) in [5.41, 5.74) is 1.67. The Labute approximate surface area is 131 Å². The Morgan fingerprint density at radius 2 is 2.09 bits per heavy atom. The van der Waals surface area contributed by atoms with Gasteiger partial charge in [-0.25, -0.2) is 4.79 Å². The summed E-state index contributed by atoms with van der Waals surface area (Å²) in [4.78, 5) is 26.3. The van der Waals surface area contributed by atoms with Crippen molar-refractivity contribution in [3.05, 3.63) is 51.7 Å². The lowest BCUT2D eigenvalue weighted by atomic mass is 9.92. The number of aliphatic carboxylic acids is 1. The van der Waals surface area contributed by atoms with Gasteiger partial charge in [0.1, 0.15) is 10.6 Å². The number of benzene rings is 1. The van der Waals surface area contributed by atoms with Gasteiger partial charge in [-0.05, 0) is 29.0 Å². The van der Waals surface area contributed by atoms with Crippen molar-refractivity contribution in [2.45, 2.75) is 12.5 Å². The molecule has 6 heteroatoms. The van der Waals surface area contributed by atoms with Gasteiger partial charge in [0.15, 0.2) is 6.04 Å². The van der Waals surface area contributed by atoms with E-state index in [0.717, 1.165) is 5.56 Å². The van der Waals surface area contributed by atoms with Crippen molar-refractivity contribution in [1.29, 1.82) is 0 Å². The van der Waals surface area contributed by atoms with Crippen LogP contribution in [0.5, 0.6) is 5.75 Å². The molecule has 0 spiro atoms. The van der Waals surface area contributed by atoms with Gasteiger partial charge in [-0.15, -0.1) is 11.3 Å². The van der Waals surface area contributed by atoms with Gasteiger partial charge in [0.2, 0.25) is 0 Å². The monoisotopic (exact) mass is 317 g/mol. The molecule has 1 amide bonds. The summed E-state index contributed by atoms with van der Waals surface area (Å²) in [6.45, 7) is 0.383. The number of methoxy groups -OCH3 is 1. The first-order valence-electron chi connectivity index (χ1n) is 6.86. The van der Waals surface area contributed by atoms with Crippen LogP contribution in [-0.2, 0) is 11.2 Å². The molecule has 0 saturated heterocycles. The topological polar surface area (TPSA) is 66.8 Å². The lowest BCUT2D eigenvalue weighted by molar-refractivity contribution is -0.143. The van der Waals surface area contributed by atoms with Crippen molar-refractivity contribution in [3.63, 3.8) is 0 Å². The SMILES string of the molecule is COc1ccsc1C(=O)N1CCc2ccccc2C1C(=O)O. The van der Waals surface area contributed by atoms with Gasteiger partial charge in [-0.3, -0.25) is 4.79 Å². The Bertz CT molecular complexity index is 724. The zero-order valence-electron chi connectivity index (χ0n) is 12.0. The molecule has 1 N–H and O–H groups in total. The summed E-state index contributed by atoms with van der Waals surface area (Å²) in [6.07, 6.45) is 0.652. The number of carbonyl (C=O) groups is 2. The van der Waals surface area contributed by atoms with E-state index in [4.69, 9.17) is 4.74 Å². The molecule has 0 aliphatic carbocycles. The van der Waals surface area contributed by atoms with Crippen molar-refractivity contribution in [2.24, 2.45) is 0 Å². The van der Waals surface area contributed by atoms with Crippen LogP contribution in [0.25, 0.3) is 0 Å². The summed E-state index contributed by atoms with van der Waals surface area (Å²) in [5.74, 6) is -0.831. The largest absolute Gasteiger partial charge is 0.495 e. The van der Waals surface area contributed by atoms with Gasteiger partial charge < -0.3 is 14.7 Å². The molecular formula is C16H15NO4S. The second kappa shape index (κ2) is 5.81. The Morgan fingerprint density at radius 3 is 2.82 bits per heavy atom. The third kappa shape index (κ3) is 2.35. The van der Waals surface area contributed by atoms with Crippen molar-refractivity contribution < 1.29 is 19.4 Å². The first kappa shape index (κ1) is 14.6. The predicted molar refractivity (Wildman–Crippen MR) is 82.4 cm³/mol. The Morgan fingerprint density at radius 1 is 1.32 bits per heavy atom. The van der Waals surface area contributed by atoms with E-state index in [2.05, 4.69) is 0 Å². The maximum atomic E-state index is 12.8. The van der Waals surface area contributed by atoms with Crippen LogP contribution in [0.1, 0.15) is 26.8 Å². The van der Waals surface area contributed by atoms with Crippen LogP contribution in [-0.4, -0.2) is 35.5 Å². The molecule has 0 saturated carbocycles. The number of ether oxygens (including phenoxy) is 1. The normalized spacial score (nSPS) is 17.0. The number of thiophene rings is 1. The zero-order chi connectivity index (χ0) is 15.7. The fourth-order valence-electron chi connectivity index (χ4n) is 2.80. The minimum Gasteiger partial charge on any atom is -0.495 e. The lowest BCUT2D eigenvalue weighted by Gasteiger charge is -2.34. The number of rotatable bonds is 3. The molecule has 1 aliphatic rings. The lowest BCUT2D eigenvalue weighted by Crippen LogP contribution is -2.43. The number of carboxylic acids is 1. The number of fused-ring (bicyclic) bond motifs is 1. The highest BCUT2D eigenvalue weighted by molar-refractivity contribution is 7.12. The van der Waals surface area contributed by atoms with Crippen molar-refractivity contribution in [2.75, 3.05) is 13.7 Å². The molecule has 1 unspecified atom stereocenters. The van der Waals surface area contributed by atoms with E-state index in [1.165, 1.54) is 23.3 Å². The van der Waals surface area contributed by atoms with Crippen LogP contribution in [0.2, 0.25) is 0 Å². The van der Waals surface area contributed by atoms with Crippen molar-refractivity contribution >= 4 is 23.2 Å². The number of hydrogen-bond acceptors (Lipinski definition) is 4. The van der Waals surface area contributed by atoms with Gasteiger partial charge in [0.25, 0.3) is 5.91 Å². The molecule has 22 heavy (non-hydrogen) atoms. The number of carbonyl (C=O) groups excluding carboxylic acids is 1. The molecule has 114 valence electrons. The summed E-state index contributed by atoms with van der Waals surface area (Å²) in [7, 11) is 1.50. The third-order valence-corrected chi connectivity index (χ3v) is 4.71. The van der Waals surface area contributed by atoms with E-state index in [-0.39, 0.29) is 5.91 Å². The van der Waals surface area contributed by atoms with Gasteiger partial charge in [-0.2, -0.15) is 0 Å². The Hall–Kier alpha value is -2.34. The fourth-order valence-corrected chi connectivity index (χ4v) is 3.61. The minimum absolute atomic E-state index is 0.297. The Kier molecular flexibility index (Phi) is 3.85. The predicted octanol–water partition coefficient (Wildman–Crippen LogP) is 2.58. The average molecular weight is 317 g/mol. The van der Waals surface area contributed by atoms with Crippen LogP contribution >= 0.6 is 11.3 Å². The van der Waals surface area contributed by atoms with Gasteiger partial charge >= 0.3 is 5.97 Å². The molecule has 3 rings (SSSR count). The highest BCUT2D eigenvalue weighted by Gasteiger charge is 2.37. The summed E-state index contributed by atoms with van der Waals surface area (Å²) < 4.78 is 5.18. The van der Waals surface area contributed by atoms with Crippen molar-refractivity contribution in [3.8, 4) is 5.75 Å². The molecule has 0 radical (unpaired) electrons. The second-order valence-electron chi connectivity index (χ2n) is 5.01. The third-order valence-electron chi connectivity index (χ3n) is 3.82. The summed E-state index contributed by atoms with van der Waals surface area (Å²) in [5, 5.41) is 11.4. The quantitative estimate of drug-likeness (QED) is 0.945. The van der Waals surface area contributed by atoms with Crippen molar-refractivity contribution in [1.82, 2.24) is 4.90 Å². The molecule has 1 aliphatic heterocycles. The zero-order valence-corrected chi connectivity index (χ0v) is 12.8. The van der Waals surface area contributed by atoms with Crippen LogP contribution in [0.4, 0.5) is 0 Å². The fraction of sp³-hybridized carbons (Fsp3) is 0.250. The summed E-state index contributed by atoms with van der Waals surface area (Å²) in [6, 6.07) is 8.14. The number of amides is 1. The average Bonchev–Trinajstić information content (AvgIpc) is 3.01. The molecule has 1 aromatic heterocycles. The van der Waals surface area contributed by atoms with E-state index >= 15 is 0 Å². The van der Waals surface area contributed by atoms with E-state index < -0.39 is 12.0 Å². The van der Waals surface area contributed by atoms with Crippen LogP contribution in [0.15, 0.2) is 35.7 Å². The Balaban J connectivity index is 2.00. The minimum atomic E-state index is -1.02. The molecule has 2 aromatic rings. The molecule has 1 aromatic carbocycles. The maximum absolute atomic E-state index is 12.8. The standard InChI is InChI=1S/C16H15NO4S/c1-21-12-7-9-22-14(12)15(18)17-8-6-10-4-2-3-5-11(10)13(17)16(19)20/h2-5,7,9,13H,6,8H2,1H3,(H,19,20). The maximum Gasteiger partial charge on any atom is 0.331 e. The van der Waals surface area contributed by atoms with E-state index in [1.807, 2.05) is 12.1 Å².